The van der Waals surface area contributed by atoms with Crippen molar-refractivity contribution in [3.8, 4) is 5.75 Å². The molecule has 0 radical (unpaired) electrons. The third-order valence-electron chi connectivity index (χ3n) is 2.94. The summed E-state index contributed by atoms with van der Waals surface area (Å²) in [5, 5.41) is 2.93. The zero-order valence-electron chi connectivity index (χ0n) is 11.6. The molecular formula is C15H23NO2. The molecule has 1 rings (SSSR count). The molecule has 1 N–H and O–H groups in total. The predicted molar refractivity (Wildman–Crippen MR) is 74.0 cm³/mol. The summed E-state index contributed by atoms with van der Waals surface area (Å²) in [7, 11) is 1.69. The van der Waals surface area contributed by atoms with Crippen LogP contribution in [0.5, 0.6) is 5.75 Å². The van der Waals surface area contributed by atoms with Crippen molar-refractivity contribution < 1.29 is 9.53 Å². The van der Waals surface area contributed by atoms with Crippen LogP contribution in [-0.4, -0.2) is 19.6 Å². The van der Waals surface area contributed by atoms with Gasteiger partial charge in [-0.2, -0.15) is 0 Å². The molecule has 0 unspecified atom stereocenters. The first-order chi connectivity index (χ1) is 8.71. The fraction of sp³-hybridized carbons (Fsp3) is 0.533. The number of benzene rings is 1. The number of nitrogens with one attached hydrogen (secondary N) is 1. The molecule has 3 nitrogen and oxygen atoms in total. The fourth-order valence-corrected chi connectivity index (χ4v) is 1.93. The van der Waals surface area contributed by atoms with Crippen LogP contribution >= 0.6 is 0 Å². The molecule has 0 aliphatic heterocycles. The van der Waals surface area contributed by atoms with Crippen LogP contribution < -0.4 is 10.1 Å². The lowest BCUT2D eigenvalue weighted by Gasteiger charge is -2.09. The molecule has 0 saturated carbocycles. The molecule has 0 atom stereocenters. The Hall–Kier alpha value is -1.51. The molecule has 1 aromatic rings. The number of rotatable bonds is 7. The molecule has 0 spiro atoms. The van der Waals surface area contributed by atoms with Gasteiger partial charge < -0.3 is 10.1 Å². The first-order valence-corrected chi connectivity index (χ1v) is 6.63. The normalized spacial score (nSPS) is 10.2. The van der Waals surface area contributed by atoms with Gasteiger partial charge in [-0.25, -0.2) is 0 Å². The van der Waals surface area contributed by atoms with Gasteiger partial charge in [0.15, 0.2) is 0 Å². The first kappa shape index (κ1) is 14.6. The quantitative estimate of drug-likeness (QED) is 0.807. The first-order valence-electron chi connectivity index (χ1n) is 6.63. The Morgan fingerprint density at radius 3 is 2.72 bits per heavy atom. The molecule has 1 aromatic carbocycles. The monoisotopic (exact) mass is 249 g/mol. The molecule has 1 amide bonds. The smallest absolute Gasteiger partial charge is 0.219 e. The molecule has 0 saturated heterocycles. The Kier molecular flexibility index (Phi) is 6.26. The van der Waals surface area contributed by atoms with Crippen molar-refractivity contribution in [1.29, 1.82) is 0 Å². The van der Waals surface area contributed by atoms with Crippen LogP contribution in [0.2, 0.25) is 0 Å². The Bertz CT molecular complexity index is 388. The Morgan fingerprint density at radius 2 is 2.11 bits per heavy atom. The van der Waals surface area contributed by atoms with E-state index >= 15 is 0 Å². The second-order valence-electron chi connectivity index (χ2n) is 4.35. The van der Waals surface area contributed by atoms with Crippen molar-refractivity contribution in [2.24, 2.45) is 0 Å². The Balaban J connectivity index is 2.50. The largest absolute Gasteiger partial charge is 0.496 e. The highest BCUT2D eigenvalue weighted by atomic mass is 16.5. The van der Waals surface area contributed by atoms with Gasteiger partial charge in [-0.15, -0.1) is 0 Å². The average Bonchev–Trinajstić information content (AvgIpc) is 2.38. The van der Waals surface area contributed by atoms with Crippen LogP contribution in [0.25, 0.3) is 0 Å². The van der Waals surface area contributed by atoms with E-state index in [2.05, 4.69) is 24.4 Å². The minimum Gasteiger partial charge on any atom is -0.496 e. The minimum absolute atomic E-state index is 0.140. The maximum atomic E-state index is 11.3. The van der Waals surface area contributed by atoms with Gasteiger partial charge in [0.05, 0.1) is 7.11 Å². The van der Waals surface area contributed by atoms with Gasteiger partial charge in [0.1, 0.15) is 5.75 Å². The van der Waals surface area contributed by atoms with Gasteiger partial charge in [0.25, 0.3) is 0 Å². The lowest BCUT2D eigenvalue weighted by molar-refractivity contribution is -0.121. The number of amides is 1. The van der Waals surface area contributed by atoms with E-state index in [1.54, 1.807) is 7.11 Å². The Labute approximate surface area is 110 Å². The van der Waals surface area contributed by atoms with E-state index in [9.17, 15) is 4.79 Å². The van der Waals surface area contributed by atoms with E-state index < -0.39 is 0 Å². The van der Waals surface area contributed by atoms with Gasteiger partial charge in [0.2, 0.25) is 5.91 Å². The summed E-state index contributed by atoms with van der Waals surface area (Å²) in [4.78, 5) is 11.3. The summed E-state index contributed by atoms with van der Waals surface area (Å²) in [6.07, 6.45) is 3.34. The van der Waals surface area contributed by atoms with Crippen LogP contribution in [0.1, 0.15) is 37.8 Å². The Morgan fingerprint density at radius 1 is 1.33 bits per heavy atom. The highest BCUT2D eigenvalue weighted by Gasteiger charge is 2.03. The van der Waals surface area contributed by atoms with Gasteiger partial charge in [0, 0.05) is 13.0 Å². The SMILES string of the molecule is CCCC(=O)NCCc1ccc(OC)c(CC)c1. The zero-order chi connectivity index (χ0) is 13.4. The lowest BCUT2D eigenvalue weighted by atomic mass is 10.1. The third kappa shape index (κ3) is 4.40. The second kappa shape index (κ2) is 7.75. The van der Waals surface area contributed by atoms with Gasteiger partial charge in [-0.05, 0) is 36.5 Å². The standard InChI is InChI=1S/C15H23NO2/c1-4-6-15(17)16-10-9-12-7-8-14(18-3)13(5-2)11-12/h7-8,11H,4-6,9-10H2,1-3H3,(H,16,17). The van der Waals surface area contributed by atoms with Gasteiger partial charge in [-0.1, -0.05) is 26.0 Å². The van der Waals surface area contributed by atoms with E-state index in [0.29, 0.717) is 13.0 Å². The molecular weight excluding hydrogens is 226 g/mol. The highest BCUT2D eigenvalue weighted by Crippen LogP contribution is 2.20. The summed E-state index contributed by atoms with van der Waals surface area (Å²) >= 11 is 0. The van der Waals surface area contributed by atoms with Crippen LogP contribution in [0.4, 0.5) is 0 Å². The lowest BCUT2D eigenvalue weighted by Crippen LogP contribution is -2.25. The minimum atomic E-state index is 0.140. The van der Waals surface area contributed by atoms with Crippen molar-refractivity contribution >= 4 is 5.91 Å². The summed E-state index contributed by atoms with van der Waals surface area (Å²) in [5.41, 5.74) is 2.46. The number of aryl methyl sites for hydroxylation is 1. The van der Waals surface area contributed by atoms with E-state index in [1.165, 1.54) is 11.1 Å². The summed E-state index contributed by atoms with van der Waals surface area (Å²) < 4.78 is 5.30. The number of carbonyl (C=O) groups excluding carboxylic acids is 1. The third-order valence-corrected chi connectivity index (χ3v) is 2.94. The van der Waals surface area contributed by atoms with Gasteiger partial charge in [-0.3, -0.25) is 4.79 Å². The summed E-state index contributed by atoms with van der Waals surface area (Å²) in [5.74, 6) is 1.08. The molecule has 0 aliphatic rings. The van der Waals surface area contributed by atoms with Crippen molar-refractivity contribution in [2.75, 3.05) is 13.7 Å². The van der Waals surface area contributed by atoms with Crippen LogP contribution in [-0.2, 0) is 17.6 Å². The predicted octanol–water partition coefficient (Wildman–Crippen LogP) is 2.72. The van der Waals surface area contributed by atoms with E-state index in [0.717, 1.165) is 25.0 Å². The van der Waals surface area contributed by atoms with Crippen LogP contribution in [0.15, 0.2) is 18.2 Å². The molecule has 3 heteroatoms. The van der Waals surface area contributed by atoms with Gasteiger partial charge >= 0.3 is 0 Å². The van der Waals surface area contributed by atoms with Crippen molar-refractivity contribution in [2.45, 2.75) is 39.5 Å². The van der Waals surface area contributed by atoms with Crippen LogP contribution in [0, 0.1) is 0 Å². The zero-order valence-corrected chi connectivity index (χ0v) is 11.6. The summed E-state index contributed by atoms with van der Waals surface area (Å²) in [6.45, 7) is 4.83. The molecule has 18 heavy (non-hydrogen) atoms. The highest BCUT2D eigenvalue weighted by molar-refractivity contribution is 5.75. The van der Waals surface area contributed by atoms with Crippen molar-refractivity contribution in [1.82, 2.24) is 5.32 Å². The molecule has 0 aromatic heterocycles. The number of ether oxygens (including phenoxy) is 1. The van der Waals surface area contributed by atoms with Crippen LogP contribution in [0.3, 0.4) is 0 Å². The van der Waals surface area contributed by atoms with Crippen molar-refractivity contribution in [3.05, 3.63) is 29.3 Å². The molecule has 0 fully saturated rings. The maximum absolute atomic E-state index is 11.3. The maximum Gasteiger partial charge on any atom is 0.219 e. The summed E-state index contributed by atoms with van der Waals surface area (Å²) in [6, 6.07) is 6.22. The molecule has 0 aliphatic carbocycles. The van der Waals surface area contributed by atoms with E-state index in [1.807, 2.05) is 13.0 Å². The van der Waals surface area contributed by atoms with E-state index in [-0.39, 0.29) is 5.91 Å². The van der Waals surface area contributed by atoms with Crippen molar-refractivity contribution in [3.63, 3.8) is 0 Å². The number of hydrogen-bond donors (Lipinski definition) is 1. The molecule has 0 bridgehead atoms. The average molecular weight is 249 g/mol. The van der Waals surface area contributed by atoms with E-state index in [4.69, 9.17) is 4.74 Å². The number of carbonyl (C=O) groups is 1. The fourth-order valence-electron chi connectivity index (χ4n) is 1.93. The topological polar surface area (TPSA) is 38.3 Å². The molecule has 100 valence electrons. The number of hydrogen-bond acceptors (Lipinski definition) is 2. The molecule has 0 heterocycles. The number of methoxy groups -OCH3 is 1. The second-order valence-corrected chi connectivity index (χ2v) is 4.35.